The molecular weight excluding hydrogens is 360 g/mol. The molecule has 0 bridgehead atoms. The quantitative estimate of drug-likeness (QED) is 0.417. The van der Waals surface area contributed by atoms with Gasteiger partial charge in [-0.1, -0.05) is 18.7 Å². The average molecular weight is 382 g/mol. The molecule has 146 valence electrons. The van der Waals surface area contributed by atoms with Crippen molar-refractivity contribution in [2.24, 2.45) is 0 Å². The number of hydrogen-bond acceptors (Lipinski definition) is 5. The number of ether oxygens (including phenoxy) is 3. The van der Waals surface area contributed by atoms with Crippen LogP contribution in [0.15, 0.2) is 61.2 Å². The Labute approximate surface area is 163 Å². The summed E-state index contributed by atoms with van der Waals surface area (Å²) in [6, 6.07) is 11.8. The molecule has 0 aromatic heterocycles. The van der Waals surface area contributed by atoms with Crippen molar-refractivity contribution in [1.29, 1.82) is 0 Å². The fraction of sp³-hybridized carbons (Fsp3) is 0.143. The maximum absolute atomic E-state index is 12.1. The van der Waals surface area contributed by atoms with Crippen LogP contribution in [0.1, 0.15) is 15.9 Å². The SMILES string of the molecule is C=CCOc1ccc(C(=O)NNC(=O)/C=C/c2ccc(OC)c(OC)c2)cc1. The van der Waals surface area contributed by atoms with Crippen molar-refractivity contribution >= 4 is 17.9 Å². The Balaban J connectivity index is 1.88. The molecule has 28 heavy (non-hydrogen) atoms. The largest absolute Gasteiger partial charge is 0.493 e. The van der Waals surface area contributed by atoms with Crippen LogP contribution in [0.2, 0.25) is 0 Å². The first-order valence-corrected chi connectivity index (χ1v) is 8.41. The molecule has 7 heteroatoms. The van der Waals surface area contributed by atoms with Crippen LogP contribution in [-0.2, 0) is 4.79 Å². The van der Waals surface area contributed by atoms with E-state index in [1.54, 1.807) is 61.7 Å². The number of hydrogen-bond donors (Lipinski definition) is 2. The van der Waals surface area contributed by atoms with Gasteiger partial charge in [0, 0.05) is 11.6 Å². The first kappa shape index (κ1) is 20.6. The lowest BCUT2D eigenvalue weighted by atomic mass is 10.2. The molecule has 0 heterocycles. The third-order valence-corrected chi connectivity index (χ3v) is 3.62. The second kappa shape index (κ2) is 10.4. The minimum atomic E-state index is -0.478. The molecular formula is C21H22N2O5. The Morgan fingerprint density at radius 2 is 1.71 bits per heavy atom. The minimum Gasteiger partial charge on any atom is -0.493 e. The van der Waals surface area contributed by atoms with Gasteiger partial charge in [0.05, 0.1) is 14.2 Å². The van der Waals surface area contributed by atoms with E-state index in [9.17, 15) is 9.59 Å². The molecule has 0 aliphatic heterocycles. The van der Waals surface area contributed by atoms with E-state index in [1.807, 2.05) is 0 Å². The average Bonchev–Trinajstić information content (AvgIpc) is 2.74. The van der Waals surface area contributed by atoms with E-state index in [1.165, 1.54) is 13.2 Å². The summed E-state index contributed by atoms with van der Waals surface area (Å²) in [5.74, 6) is 0.853. The zero-order valence-electron chi connectivity index (χ0n) is 15.7. The third kappa shape index (κ3) is 5.91. The maximum Gasteiger partial charge on any atom is 0.269 e. The predicted molar refractivity (Wildman–Crippen MR) is 106 cm³/mol. The van der Waals surface area contributed by atoms with Crippen LogP contribution in [0.4, 0.5) is 0 Å². The zero-order valence-corrected chi connectivity index (χ0v) is 15.7. The molecule has 0 radical (unpaired) electrons. The molecule has 2 amide bonds. The Bertz CT molecular complexity index is 860. The Hall–Kier alpha value is -3.74. The highest BCUT2D eigenvalue weighted by atomic mass is 16.5. The van der Waals surface area contributed by atoms with Gasteiger partial charge in [-0.15, -0.1) is 0 Å². The lowest BCUT2D eigenvalue weighted by Gasteiger charge is -2.08. The van der Waals surface area contributed by atoms with Crippen molar-refractivity contribution in [3.05, 3.63) is 72.3 Å². The van der Waals surface area contributed by atoms with Crippen molar-refractivity contribution in [1.82, 2.24) is 10.9 Å². The van der Waals surface area contributed by atoms with E-state index in [4.69, 9.17) is 14.2 Å². The van der Waals surface area contributed by atoms with Crippen molar-refractivity contribution in [3.8, 4) is 17.2 Å². The second-order valence-electron chi connectivity index (χ2n) is 5.52. The first-order chi connectivity index (χ1) is 13.6. The summed E-state index contributed by atoms with van der Waals surface area (Å²) in [5, 5.41) is 0. The van der Waals surface area contributed by atoms with Crippen LogP contribution in [0, 0.1) is 0 Å². The van der Waals surface area contributed by atoms with E-state index < -0.39 is 11.8 Å². The number of hydrazine groups is 1. The predicted octanol–water partition coefficient (Wildman–Crippen LogP) is 2.74. The number of carbonyl (C=O) groups is 2. The van der Waals surface area contributed by atoms with Crippen LogP contribution in [0.3, 0.4) is 0 Å². The third-order valence-electron chi connectivity index (χ3n) is 3.62. The molecule has 0 fully saturated rings. The maximum atomic E-state index is 12.1. The molecule has 0 saturated heterocycles. The molecule has 0 atom stereocenters. The summed E-state index contributed by atoms with van der Waals surface area (Å²) in [6.07, 6.45) is 4.52. The summed E-state index contributed by atoms with van der Waals surface area (Å²) in [6.45, 7) is 3.95. The lowest BCUT2D eigenvalue weighted by Crippen LogP contribution is -2.40. The molecule has 0 saturated carbocycles. The molecule has 2 rings (SSSR count). The molecule has 0 spiro atoms. The van der Waals surface area contributed by atoms with Crippen LogP contribution in [0.5, 0.6) is 17.2 Å². The van der Waals surface area contributed by atoms with E-state index in [2.05, 4.69) is 17.4 Å². The van der Waals surface area contributed by atoms with Gasteiger partial charge in [-0.3, -0.25) is 20.4 Å². The highest BCUT2D eigenvalue weighted by molar-refractivity contribution is 5.98. The van der Waals surface area contributed by atoms with Crippen molar-refractivity contribution in [2.45, 2.75) is 0 Å². The molecule has 2 aromatic carbocycles. The van der Waals surface area contributed by atoms with E-state index in [0.29, 0.717) is 29.4 Å². The number of carbonyl (C=O) groups excluding carboxylic acids is 2. The van der Waals surface area contributed by atoms with Crippen LogP contribution < -0.4 is 25.1 Å². The standard InChI is InChI=1S/C21H22N2O5/c1-4-13-28-17-9-7-16(8-10-17)21(25)23-22-20(24)12-6-15-5-11-18(26-2)19(14-15)27-3/h4-12,14H,1,13H2,2-3H3,(H,22,24)(H,23,25)/b12-6+. The zero-order chi connectivity index (χ0) is 20.4. The van der Waals surface area contributed by atoms with Gasteiger partial charge in [-0.2, -0.15) is 0 Å². The highest BCUT2D eigenvalue weighted by Gasteiger charge is 2.07. The number of amides is 2. The van der Waals surface area contributed by atoms with Gasteiger partial charge in [0.25, 0.3) is 11.8 Å². The fourth-order valence-corrected chi connectivity index (χ4v) is 2.22. The van der Waals surface area contributed by atoms with Crippen LogP contribution in [0.25, 0.3) is 6.08 Å². The number of rotatable bonds is 8. The van der Waals surface area contributed by atoms with E-state index in [0.717, 1.165) is 5.56 Å². The second-order valence-corrected chi connectivity index (χ2v) is 5.52. The highest BCUT2D eigenvalue weighted by Crippen LogP contribution is 2.27. The van der Waals surface area contributed by atoms with Gasteiger partial charge >= 0.3 is 0 Å². The van der Waals surface area contributed by atoms with Crippen molar-refractivity contribution < 1.29 is 23.8 Å². The summed E-state index contributed by atoms with van der Waals surface area (Å²) in [4.78, 5) is 24.0. The van der Waals surface area contributed by atoms with E-state index >= 15 is 0 Å². The van der Waals surface area contributed by atoms with E-state index in [-0.39, 0.29) is 0 Å². The summed E-state index contributed by atoms with van der Waals surface area (Å²) >= 11 is 0. The fourth-order valence-electron chi connectivity index (χ4n) is 2.22. The number of nitrogens with one attached hydrogen (secondary N) is 2. The molecule has 2 N–H and O–H groups in total. The van der Waals surface area contributed by atoms with Gasteiger partial charge in [0.1, 0.15) is 12.4 Å². The topological polar surface area (TPSA) is 85.9 Å². The Morgan fingerprint density at radius 3 is 2.36 bits per heavy atom. The minimum absolute atomic E-state index is 0.383. The monoisotopic (exact) mass is 382 g/mol. The van der Waals surface area contributed by atoms with Gasteiger partial charge in [0.2, 0.25) is 0 Å². The summed E-state index contributed by atoms with van der Waals surface area (Å²) < 4.78 is 15.7. The summed E-state index contributed by atoms with van der Waals surface area (Å²) in [5.41, 5.74) is 5.80. The Morgan fingerprint density at radius 1 is 1.00 bits per heavy atom. The van der Waals surface area contributed by atoms with Crippen LogP contribution in [-0.4, -0.2) is 32.6 Å². The van der Waals surface area contributed by atoms with Crippen LogP contribution >= 0.6 is 0 Å². The molecule has 2 aromatic rings. The Kier molecular flexibility index (Phi) is 7.65. The molecule has 7 nitrogen and oxygen atoms in total. The van der Waals surface area contributed by atoms with Crippen molar-refractivity contribution in [2.75, 3.05) is 20.8 Å². The molecule has 0 aliphatic rings. The normalized spacial score (nSPS) is 10.2. The smallest absolute Gasteiger partial charge is 0.269 e. The summed E-state index contributed by atoms with van der Waals surface area (Å²) in [7, 11) is 3.08. The number of benzene rings is 2. The van der Waals surface area contributed by atoms with Gasteiger partial charge in [-0.25, -0.2) is 0 Å². The van der Waals surface area contributed by atoms with Gasteiger partial charge in [0.15, 0.2) is 11.5 Å². The van der Waals surface area contributed by atoms with Crippen molar-refractivity contribution in [3.63, 3.8) is 0 Å². The van der Waals surface area contributed by atoms with Gasteiger partial charge in [-0.05, 0) is 48.0 Å². The molecule has 0 aliphatic carbocycles. The molecule has 0 unspecified atom stereocenters. The lowest BCUT2D eigenvalue weighted by molar-refractivity contribution is -0.117. The first-order valence-electron chi connectivity index (χ1n) is 8.41. The number of methoxy groups -OCH3 is 2. The van der Waals surface area contributed by atoms with Gasteiger partial charge < -0.3 is 14.2 Å².